The minimum absolute atomic E-state index is 0.188. The number of nitrogens with zero attached hydrogens (tertiary/aromatic N) is 2. The highest BCUT2D eigenvalue weighted by molar-refractivity contribution is 7.89. The summed E-state index contributed by atoms with van der Waals surface area (Å²) in [6.07, 6.45) is 0.204. The Morgan fingerprint density at radius 1 is 1.00 bits per heavy atom. The second-order valence-electron chi connectivity index (χ2n) is 7.19. The van der Waals surface area contributed by atoms with Crippen LogP contribution >= 0.6 is 0 Å². The first-order valence-corrected chi connectivity index (χ1v) is 11.1. The smallest absolute Gasteiger partial charge is 0.243 e. The Morgan fingerprint density at radius 2 is 1.62 bits per heavy atom. The van der Waals surface area contributed by atoms with Crippen molar-refractivity contribution in [1.29, 1.82) is 0 Å². The second kappa shape index (κ2) is 9.39. The minimum Gasteiger partial charge on any atom is -0.493 e. The standard InChI is InChI=1S/C21H27N3O4S/c1-17-3-7-19(8-4-17)28-16-11-21(25)22-18-5-9-20(10-6-18)29(26,27)24-14-12-23(2)13-15-24/h3-10H,11-16H2,1-2H3,(H,22,25). The first-order chi connectivity index (χ1) is 13.8. The van der Waals surface area contributed by atoms with Crippen molar-refractivity contribution in [2.24, 2.45) is 0 Å². The summed E-state index contributed by atoms with van der Waals surface area (Å²) in [4.78, 5) is 14.4. The summed E-state index contributed by atoms with van der Waals surface area (Å²) < 4.78 is 32.5. The molecule has 1 aliphatic heterocycles. The van der Waals surface area contributed by atoms with Crippen LogP contribution in [0.15, 0.2) is 53.4 Å². The first kappa shape index (κ1) is 21.3. The summed E-state index contributed by atoms with van der Waals surface area (Å²) in [5.41, 5.74) is 1.70. The van der Waals surface area contributed by atoms with Crippen molar-refractivity contribution in [1.82, 2.24) is 9.21 Å². The van der Waals surface area contributed by atoms with Gasteiger partial charge in [0.05, 0.1) is 17.9 Å². The van der Waals surface area contributed by atoms with Crippen LogP contribution in [0, 0.1) is 6.92 Å². The van der Waals surface area contributed by atoms with E-state index in [-0.39, 0.29) is 23.8 Å². The highest BCUT2D eigenvalue weighted by Gasteiger charge is 2.27. The Balaban J connectivity index is 1.50. The predicted molar refractivity (Wildman–Crippen MR) is 113 cm³/mol. The third-order valence-electron chi connectivity index (χ3n) is 4.86. The molecule has 1 saturated heterocycles. The first-order valence-electron chi connectivity index (χ1n) is 9.63. The van der Waals surface area contributed by atoms with Crippen LogP contribution in [0.3, 0.4) is 0 Å². The molecule has 1 amide bonds. The fourth-order valence-corrected chi connectivity index (χ4v) is 4.43. The van der Waals surface area contributed by atoms with E-state index in [4.69, 9.17) is 4.74 Å². The molecule has 0 saturated carbocycles. The van der Waals surface area contributed by atoms with Crippen molar-refractivity contribution in [3.8, 4) is 5.75 Å². The molecule has 29 heavy (non-hydrogen) atoms. The number of amides is 1. The molecule has 0 aromatic heterocycles. The SMILES string of the molecule is Cc1ccc(OCCC(=O)Nc2ccc(S(=O)(=O)N3CCN(C)CC3)cc2)cc1. The van der Waals surface area contributed by atoms with E-state index in [1.807, 2.05) is 38.2 Å². The fourth-order valence-electron chi connectivity index (χ4n) is 3.01. The number of carbonyl (C=O) groups is 1. The maximum atomic E-state index is 12.7. The second-order valence-corrected chi connectivity index (χ2v) is 9.13. The summed E-state index contributed by atoms with van der Waals surface area (Å²) in [5, 5.41) is 2.77. The number of sulfonamides is 1. The quantitative estimate of drug-likeness (QED) is 0.748. The molecular weight excluding hydrogens is 390 g/mol. The van der Waals surface area contributed by atoms with Crippen LogP contribution in [0.1, 0.15) is 12.0 Å². The molecule has 0 radical (unpaired) electrons. The molecule has 156 valence electrons. The van der Waals surface area contributed by atoms with Crippen molar-refractivity contribution < 1.29 is 17.9 Å². The van der Waals surface area contributed by atoms with Gasteiger partial charge in [0.2, 0.25) is 15.9 Å². The van der Waals surface area contributed by atoms with Gasteiger partial charge >= 0.3 is 0 Å². The van der Waals surface area contributed by atoms with Crippen molar-refractivity contribution >= 4 is 21.6 Å². The van der Waals surface area contributed by atoms with E-state index in [9.17, 15) is 13.2 Å². The Hall–Kier alpha value is -2.42. The molecule has 8 heteroatoms. The monoisotopic (exact) mass is 417 g/mol. The van der Waals surface area contributed by atoms with Gasteiger partial charge in [-0.2, -0.15) is 4.31 Å². The molecule has 0 atom stereocenters. The highest BCUT2D eigenvalue weighted by Crippen LogP contribution is 2.20. The predicted octanol–water partition coefficient (Wildman–Crippen LogP) is 2.34. The number of ether oxygens (including phenoxy) is 1. The number of hydrogen-bond donors (Lipinski definition) is 1. The number of nitrogens with one attached hydrogen (secondary N) is 1. The zero-order chi connectivity index (χ0) is 20.9. The van der Waals surface area contributed by atoms with E-state index >= 15 is 0 Å². The summed E-state index contributed by atoms with van der Waals surface area (Å²) >= 11 is 0. The Kier molecular flexibility index (Phi) is 6.89. The lowest BCUT2D eigenvalue weighted by Gasteiger charge is -2.31. The van der Waals surface area contributed by atoms with Crippen LogP contribution < -0.4 is 10.1 Å². The van der Waals surface area contributed by atoms with Crippen molar-refractivity contribution in [3.63, 3.8) is 0 Å². The number of rotatable bonds is 7. The highest BCUT2D eigenvalue weighted by atomic mass is 32.2. The van der Waals surface area contributed by atoms with E-state index in [0.29, 0.717) is 18.8 Å². The van der Waals surface area contributed by atoms with Crippen molar-refractivity contribution in [2.45, 2.75) is 18.2 Å². The fraction of sp³-hybridized carbons (Fsp3) is 0.381. The number of benzene rings is 2. The zero-order valence-electron chi connectivity index (χ0n) is 16.8. The van der Waals surface area contributed by atoms with E-state index < -0.39 is 10.0 Å². The summed E-state index contributed by atoms with van der Waals surface area (Å²) in [6, 6.07) is 13.9. The largest absolute Gasteiger partial charge is 0.493 e. The number of hydrogen-bond acceptors (Lipinski definition) is 5. The molecule has 7 nitrogen and oxygen atoms in total. The van der Waals surface area contributed by atoms with Crippen molar-refractivity contribution in [2.75, 3.05) is 45.2 Å². The topological polar surface area (TPSA) is 78.9 Å². The summed E-state index contributed by atoms with van der Waals surface area (Å²) in [7, 11) is -1.53. The lowest BCUT2D eigenvalue weighted by Crippen LogP contribution is -2.46. The van der Waals surface area contributed by atoms with Gasteiger partial charge in [0.1, 0.15) is 5.75 Å². The van der Waals surface area contributed by atoms with Gasteiger partial charge in [-0.15, -0.1) is 0 Å². The van der Waals surface area contributed by atoms with Crippen LogP contribution in [-0.4, -0.2) is 63.4 Å². The minimum atomic E-state index is -3.50. The molecule has 1 fully saturated rings. The van der Waals surface area contributed by atoms with E-state index in [2.05, 4.69) is 10.2 Å². The zero-order valence-corrected chi connectivity index (χ0v) is 17.6. The lowest BCUT2D eigenvalue weighted by molar-refractivity contribution is -0.116. The number of aryl methyl sites for hydroxylation is 1. The molecule has 1 N–H and O–H groups in total. The van der Waals surface area contributed by atoms with Crippen LogP contribution in [0.25, 0.3) is 0 Å². The van der Waals surface area contributed by atoms with Crippen LogP contribution in [0.4, 0.5) is 5.69 Å². The molecule has 2 aromatic carbocycles. The van der Waals surface area contributed by atoms with E-state index in [1.165, 1.54) is 16.4 Å². The number of carbonyl (C=O) groups excluding carboxylic acids is 1. The Labute approximate surface area is 172 Å². The van der Waals surface area contributed by atoms with Gasteiger partial charge in [0, 0.05) is 31.9 Å². The van der Waals surface area contributed by atoms with Gasteiger partial charge in [-0.3, -0.25) is 4.79 Å². The number of anilines is 1. The third kappa shape index (κ3) is 5.79. The van der Waals surface area contributed by atoms with Gasteiger partial charge in [-0.1, -0.05) is 17.7 Å². The molecule has 1 aliphatic rings. The van der Waals surface area contributed by atoms with Crippen LogP contribution in [-0.2, 0) is 14.8 Å². The van der Waals surface area contributed by atoms with Crippen LogP contribution in [0.2, 0.25) is 0 Å². The molecule has 0 bridgehead atoms. The van der Waals surface area contributed by atoms with E-state index in [1.54, 1.807) is 12.1 Å². The normalized spacial score (nSPS) is 15.8. The maximum Gasteiger partial charge on any atom is 0.243 e. The summed E-state index contributed by atoms with van der Waals surface area (Å²) in [5.74, 6) is 0.536. The van der Waals surface area contributed by atoms with Gasteiger partial charge in [-0.25, -0.2) is 8.42 Å². The van der Waals surface area contributed by atoms with Gasteiger partial charge in [0.25, 0.3) is 0 Å². The van der Waals surface area contributed by atoms with Gasteiger partial charge < -0.3 is 15.0 Å². The Bertz CT molecular complexity index is 919. The molecule has 0 spiro atoms. The molecule has 3 rings (SSSR count). The molecule has 0 aliphatic carbocycles. The molecule has 0 unspecified atom stereocenters. The molecule has 2 aromatic rings. The number of piperazine rings is 1. The maximum absolute atomic E-state index is 12.7. The Morgan fingerprint density at radius 3 is 2.24 bits per heavy atom. The van der Waals surface area contributed by atoms with Gasteiger partial charge in [0.15, 0.2) is 0 Å². The lowest BCUT2D eigenvalue weighted by atomic mass is 10.2. The van der Waals surface area contributed by atoms with Crippen LogP contribution in [0.5, 0.6) is 5.75 Å². The molecule has 1 heterocycles. The summed E-state index contributed by atoms with van der Waals surface area (Å²) in [6.45, 7) is 4.68. The third-order valence-corrected chi connectivity index (χ3v) is 6.77. The van der Waals surface area contributed by atoms with Gasteiger partial charge in [-0.05, 0) is 50.4 Å². The average molecular weight is 418 g/mol. The number of likely N-dealkylation sites (N-methyl/N-ethyl adjacent to an activating group) is 1. The molecular formula is C21H27N3O4S. The average Bonchev–Trinajstić information content (AvgIpc) is 2.70. The van der Waals surface area contributed by atoms with E-state index in [0.717, 1.165) is 24.4 Å². The van der Waals surface area contributed by atoms with Crippen molar-refractivity contribution in [3.05, 3.63) is 54.1 Å².